The highest BCUT2D eigenvalue weighted by molar-refractivity contribution is 7.84. The molecule has 1 fully saturated rings. The molecule has 1 aromatic heterocycles. The Morgan fingerprint density at radius 2 is 2.03 bits per heavy atom. The first kappa shape index (κ1) is 22.3. The van der Waals surface area contributed by atoms with Crippen molar-refractivity contribution in [3.63, 3.8) is 0 Å². The number of rotatable bonds is 4. The molecule has 0 bridgehead atoms. The molecule has 0 unspecified atom stereocenters. The van der Waals surface area contributed by atoms with Crippen LogP contribution in [0.25, 0.3) is 16.5 Å². The molecule has 31 heavy (non-hydrogen) atoms. The average molecular weight is 448 g/mol. The van der Waals surface area contributed by atoms with Crippen LogP contribution in [0.4, 0.5) is 4.39 Å². The van der Waals surface area contributed by atoms with E-state index in [0.29, 0.717) is 29.4 Å². The maximum absolute atomic E-state index is 14.4. The third-order valence-corrected chi connectivity index (χ3v) is 7.63. The second-order valence-corrected chi connectivity index (χ2v) is 11.4. The molecule has 4 rings (SSSR count). The number of nitrogens with zero attached hydrogens (tertiary/aromatic N) is 2. The van der Waals surface area contributed by atoms with E-state index in [9.17, 15) is 13.4 Å². The van der Waals surface area contributed by atoms with Crippen LogP contribution in [0.15, 0.2) is 23.0 Å². The lowest BCUT2D eigenvalue weighted by Crippen LogP contribution is -2.35. The zero-order valence-corrected chi connectivity index (χ0v) is 19.4. The third kappa shape index (κ3) is 4.52. The molecule has 8 heteroatoms. The lowest BCUT2D eigenvalue weighted by atomic mass is 9.96. The van der Waals surface area contributed by atoms with Crippen molar-refractivity contribution in [2.75, 3.05) is 13.2 Å². The van der Waals surface area contributed by atoms with Gasteiger partial charge in [0.15, 0.2) is 0 Å². The molecule has 0 saturated carbocycles. The van der Waals surface area contributed by atoms with Crippen molar-refractivity contribution in [2.45, 2.75) is 64.3 Å². The SMILES string of the molecule is C[C@@H](N[S@](=O)C(C)(C)C)c1cc(F)cc2c(=O)n3c(nc12)C(=CC1CCOCC1)CC3. The van der Waals surface area contributed by atoms with Gasteiger partial charge in [-0.05, 0) is 76.1 Å². The zero-order valence-electron chi connectivity index (χ0n) is 18.5. The maximum Gasteiger partial charge on any atom is 0.261 e. The van der Waals surface area contributed by atoms with Crippen LogP contribution in [-0.4, -0.2) is 31.7 Å². The summed E-state index contributed by atoms with van der Waals surface area (Å²) in [5.74, 6) is 0.597. The van der Waals surface area contributed by atoms with Gasteiger partial charge in [0.05, 0.1) is 26.6 Å². The van der Waals surface area contributed by atoms with Gasteiger partial charge in [-0.25, -0.2) is 18.3 Å². The Bertz CT molecular complexity index is 1110. The van der Waals surface area contributed by atoms with E-state index in [2.05, 4.69) is 10.8 Å². The van der Waals surface area contributed by atoms with Crippen LogP contribution < -0.4 is 10.3 Å². The van der Waals surface area contributed by atoms with Gasteiger partial charge in [-0.2, -0.15) is 0 Å². The molecule has 2 aromatic rings. The average Bonchev–Trinajstić information content (AvgIpc) is 3.11. The van der Waals surface area contributed by atoms with E-state index in [1.807, 2.05) is 27.7 Å². The van der Waals surface area contributed by atoms with Crippen molar-refractivity contribution >= 4 is 27.5 Å². The largest absolute Gasteiger partial charge is 0.381 e. The van der Waals surface area contributed by atoms with Gasteiger partial charge in [0.2, 0.25) is 0 Å². The van der Waals surface area contributed by atoms with Crippen LogP contribution in [0.2, 0.25) is 0 Å². The molecule has 3 heterocycles. The maximum atomic E-state index is 14.4. The minimum atomic E-state index is -1.34. The van der Waals surface area contributed by atoms with Crippen molar-refractivity contribution in [2.24, 2.45) is 5.92 Å². The van der Waals surface area contributed by atoms with Gasteiger partial charge in [-0.15, -0.1) is 0 Å². The molecule has 2 aliphatic rings. The number of fused-ring (bicyclic) bond motifs is 2. The fraction of sp³-hybridized carbons (Fsp3) is 0.565. The fourth-order valence-electron chi connectivity index (χ4n) is 4.17. The molecular formula is C23H30FN3O3S. The normalized spacial score (nSPS) is 20.9. The first-order valence-electron chi connectivity index (χ1n) is 10.9. The van der Waals surface area contributed by atoms with Gasteiger partial charge in [-0.1, -0.05) is 6.08 Å². The lowest BCUT2D eigenvalue weighted by molar-refractivity contribution is 0.0786. The Hall–Kier alpha value is -1.90. The summed E-state index contributed by atoms with van der Waals surface area (Å²) < 4.78 is 36.7. The minimum Gasteiger partial charge on any atom is -0.381 e. The van der Waals surface area contributed by atoms with Crippen molar-refractivity contribution in [1.29, 1.82) is 0 Å². The standard InChI is InChI=1S/C23H30FN3O3S/c1-14(26-31(29)23(2,3)4)18-12-17(24)13-19-20(18)25-21-16(5-8-27(21)22(19)28)11-15-6-9-30-10-7-15/h11-15,26H,5-10H2,1-4H3/t14-,31-/m1/s1. The number of halogens is 1. The van der Waals surface area contributed by atoms with Crippen molar-refractivity contribution in [3.8, 4) is 0 Å². The molecule has 168 valence electrons. The van der Waals surface area contributed by atoms with E-state index in [1.165, 1.54) is 12.1 Å². The summed E-state index contributed by atoms with van der Waals surface area (Å²) in [7, 11) is -1.34. The number of allylic oxidation sites excluding steroid dienone is 2. The van der Waals surface area contributed by atoms with Crippen molar-refractivity contribution in [3.05, 3.63) is 45.8 Å². The van der Waals surface area contributed by atoms with Crippen molar-refractivity contribution in [1.82, 2.24) is 14.3 Å². The summed E-state index contributed by atoms with van der Waals surface area (Å²) in [5, 5.41) is 0.265. The van der Waals surface area contributed by atoms with Crippen LogP contribution >= 0.6 is 0 Å². The predicted molar refractivity (Wildman–Crippen MR) is 122 cm³/mol. The van der Waals surface area contributed by atoms with E-state index < -0.39 is 27.6 Å². The van der Waals surface area contributed by atoms with E-state index >= 15 is 0 Å². The molecule has 0 amide bonds. The Morgan fingerprint density at radius 3 is 2.71 bits per heavy atom. The molecule has 0 radical (unpaired) electrons. The van der Waals surface area contributed by atoms with Crippen LogP contribution in [0.1, 0.15) is 64.4 Å². The van der Waals surface area contributed by atoms with E-state index in [4.69, 9.17) is 9.72 Å². The number of aromatic nitrogens is 2. The first-order chi connectivity index (χ1) is 14.6. The van der Waals surface area contributed by atoms with Crippen LogP contribution in [-0.2, 0) is 22.3 Å². The minimum absolute atomic E-state index is 0.222. The predicted octanol–water partition coefficient (Wildman–Crippen LogP) is 3.86. The summed E-state index contributed by atoms with van der Waals surface area (Å²) in [6.45, 7) is 9.50. The van der Waals surface area contributed by atoms with Gasteiger partial charge < -0.3 is 4.74 Å². The molecule has 0 aliphatic carbocycles. The topological polar surface area (TPSA) is 73.2 Å². The van der Waals surface area contributed by atoms with Crippen LogP contribution in [0.3, 0.4) is 0 Å². The van der Waals surface area contributed by atoms with E-state index in [-0.39, 0.29) is 10.9 Å². The third-order valence-electron chi connectivity index (χ3n) is 5.95. The molecule has 1 N–H and O–H groups in total. The lowest BCUT2D eigenvalue weighted by Gasteiger charge is -2.23. The summed E-state index contributed by atoms with van der Waals surface area (Å²) >= 11 is 0. The molecule has 1 saturated heterocycles. The molecule has 0 spiro atoms. The highest BCUT2D eigenvalue weighted by atomic mass is 32.2. The number of nitrogens with one attached hydrogen (secondary N) is 1. The summed E-state index contributed by atoms with van der Waals surface area (Å²) in [4.78, 5) is 18.0. The Kier molecular flexibility index (Phi) is 6.16. The smallest absolute Gasteiger partial charge is 0.261 e. The van der Waals surface area contributed by atoms with Crippen LogP contribution in [0.5, 0.6) is 0 Å². The fourth-order valence-corrected chi connectivity index (χ4v) is 4.97. The van der Waals surface area contributed by atoms with Gasteiger partial charge >= 0.3 is 0 Å². The summed E-state index contributed by atoms with van der Waals surface area (Å²) in [6, 6.07) is 2.22. The van der Waals surface area contributed by atoms with Gasteiger partial charge in [-0.3, -0.25) is 9.36 Å². The van der Waals surface area contributed by atoms with Gasteiger partial charge in [0.1, 0.15) is 11.6 Å². The second kappa shape index (κ2) is 8.56. The quantitative estimate of drug-likeness (QED) is 0.772. The zero-order chi connectivity index (χ0) is 22.3. The molecule has 1 aromatic carbocycles. The molecular weight excluding hydrogens is 417 g/mol. The number of ether oxygens (including phenoxy) is 1. The van der Waals surface area contributed by atoms with E-state index in [0.717, 1.165) is 38.0 Å². The van der Waals surface area contributed by atoms with Crippen molar-refractivity contribution < 1.29 is 13.3 Å². The Morgan fingerprint density at radius 1 is 1.32 bits per heavy atom. The molecule has 2 atom stereocenters. The van der Waals surface area contributed by atoms with Gasteiger partial charge in [0.25, 0.3) is 5.56 Å². The van der Waals surface area contributed by atoms with Gasteiger partial charge in [0, 0.05) is 25.8 Å². The molecule has 2 aliphatic heterocycles. The highest BCUT2D eigenvalue weighted by Gasteiger charge is 2.27. The Labute approximate surface area is 184 Å². The molecule has 6 nitrogen and oxygen atoms in total. The second-order valence-electron chi connectivity index (χ2n) is 9.40. The van der Waals surface area contributed by atoms with Crippen LogP contribution in [0, 0.1) is 11.7 Å². The first-order valence-corrected chi connectivity index (χ1v) is 12.0. The monoisotopic (exact) mass is 447 g/mol. The number of hydrogen-bond donors (Lipinski definition) is 1. The Balaban J connectivity index is 1.80. The highest BCUT2D eigenvalue weighted by Crippen LogP contribution is 2.31. The van der Waals surface area contributed by atoms with E-state index in [1.54, 1.807) is 4.57 Å². The summed E-state index contributed by atoms with van der Waals surface area (Å²) in [6.07, 6.45) is 4.92. The number of benzene rings is 1. The number of hydrogen-bond acceptors (Lipinski definition) is 4. The summed E-state index contributed by atoms with van der Waals surface area (Å²) in [5.41, 5.74) is 1.87.